The molecule has 0 bridgehead atoms. The molecule has 0 fully saturated rings. The number of aryl methyl sites for hydroxylation is 1. The highest BCUT2D eigenvalue weighted by atomic mass is 35.5. The highest BCUT2D eigenvalue weighted by molar-refractivity contribution is 6.31. The van der Waals surface area contributed by atoms with Gasteiger partial charge in [0.2, 0.25) is 17.6 Å². The number of carbonyl (C=O) groups is 2. The van der Waals surface area contributed by atoms with E-state index in [9.17, 15) is 14.0 Å². The van der Waals surface area contributed by atoms with Crippen molar-refractivity contribution in [3.63, 3.8) is 0 Å². The molecule has 0 aliphatic carbocycles. The summed E-state index contributed by atoms with van der Waals surface area (Å²) in [4.78, 5) is 27.9. The Morgan fingerprint density at radius 1 is 1.27 bits per heavy atom. The zero-order chi connectivity index (χ0) is 24.3. The van der Waals surface area contributed by atoms with E-state index in [0.717, 1.165) is 6.07 Å². The smallest absolute Gasteiger partial charge is 0.249 e. The molecule has 2 aromatic heterocycles. The fourth-order valence-electron chi connectivity index (χ4n) is 3.32. The summed E-state index contributed by atoms with van der Waals surface area (Å²) in [6.45, 7) is 8.82. The second-order valence-corrected chi connectivity index (χ2v) is 9.00. The second-order valence-electron chi connectivity index (χ2n) is 8.60. The standard InChI is InChI=1S/C22H26ClFN6O3/c1-6-17(21(32)25-22(3,4)5)30(14-8-9-16(24)15(23)11-14)19(31)12-29-20(26-27-28-29)18-10-7-13(2)33-18/h7-11,17H,6,12H2,1-5H3,(H,25,32). The van der Waals surface area contributed by atoms with Crippen molar-refractivity contribution in [3.8, 4) is 11.6 Å². The van der Waals surface area contributed by atoms with Crippen molar-refractivity contribution in [2.24, 2.45) is 0 Å². The van der Waals surface area contributed by atoms with Gasteiger partial charge in [0.05, 0.1) is 5.02 Å². The number of tetrazole rings is 1. The van der Waals surface area contributed by atoms with Crippen LogP contribution in [0.15, 0.2) is 34.7 Å². The average Bonchev–Trinajstić information content (AvgIpc) is 3.35. The first-order chi connectivity index (χ1) is 15.5. The van der Waals surface area contributed by atoms with Crippen LogP contribution in [-0.2, 0) is 16.1 Å². The number of carbonyl (C=O) groups excluding carboxylic acids is 2. The summed E-state index contributed by atoms with van der Waals surface area (Å²) in [7, 11) is 0. The molecule has 0 spiro atoms. The topological polar surface area (TPSA) is 106 Å². The lowest BCUT2D eigenvalue weighted by atomic mass is 10.1. The first kappa shape index (κ1) is 24.4. The third-order valence-electron chi connectivity index (χ3n) is 4.73. The highest BCUT2D eigenvalue weighted by Gasteiger charge is 2.33. The van der Waals surface area contributed by atoms with Crippen LogP contribution >= 0.6 is 11.6 Å². The molecule has 1 unspecified atom stereocenters. The Balaban J connectivity index is 1.99. The number of nitrogens with one attached hydrogen (secondary N) is 1. The maximum absolute atomic E-state index is 13.8. The summed E-state index contributed by atoms with van der Waals surface area (Å²) in [5.41, 5.74) is -0.231. The van der Waals surface area contributed by atoms with Crippen molar-refractivity contribution in [1.29, 1.82) is 0 Å². The lowest BCUT2D eigenvalue weighted by molar-refractivity contribution is -0.127. The number of rotatable bonds is 7. The maximum Gasteiger partial charge on any atom is 0.249 e. The van der Waals surface area contributed by atoms with E-state index in [1.165, 1.54) is 21.7 Å². The quantitative estimate of drug-likeness (QED) is 0.556. The van der Waals surface area contributed by atoms with E-state index in [1.807, 2.05) is 20.8 Å². The van der Waals surface area contributed by atoms with Crippen molar-refractivity contribution in [2.75, 3.05) is 4.90 Å². The van der Waals surface area contributed by atoms with E-state index in [4.69, 9.17) is 16.0 Å². The Morgan fingerprint density at radius 2 is 2.00 bits per heavy atom. The van der Waals surface area contributed by atoms with E-state index < -0.39 is 23.3 Å². The van der Waals surface area contributed by atoms with Gasteiger partial charge in [0.1, 0.15) is 24.2 Å². The first-order valence-corrected chi connectivity index (χ1v) is 10.8. The van der Waals surface area contributed by atoms with Crippen LogP contribution in [0.5, 0.6) is 0 Å². The average molecular weight is 477 g/mol. The molecule has 0 aliphatic rings. The van der Waals surface area contributed by atoms with Gasteiger partial charge in [-0.1, -0.05) is 18.5 Å². The molecule has 176 valence electrons. The number of hydrogen-bond acceptors (Lipinski definition) is 6. The van der Waals surface area contributed by atoms with Gasteiger partial charge >= 0.3 is 0 Å². The Hall–Kier alpha value is -3.27. The van der Waals surface area contributed by atoms with E-state index in [0.29, 0.717) is 17.9 Å². The van der Waals surface area contributed by atoms with Crippen LogP contribution in [0.25, 0.3) is 11.6 Å². The summed E-state index contributed by atoms with van der Waals surface area (Å²) in [6.07, 6.45) is 0.308. The monoisotopic (exact) mass is 476 g/mol. The number of aromatic nitrogens is 4. The summed E-state index contributed by atoms with van der Waals surface area (Å²) < 4.78 is 20.7. The highest BCUT2D eigenvalue weighted by Crippen LogP contribution is 2.27. The van der Waals surface area contributed by atoms with Crippen LogP contribution in [0.4, 0.5) is 10.1 Å². The summed E-state index contributed by atoms with van der Waals surface area (Å²) in [5.74, 6) is -0.128. The van der Waals surface area contributed by atoms with Crippen molar-refractivity contribution in [3.05, 3.63) is 46.9 Å². The number of nitrogens with zero attached hydrogens (tertiary/aromatic N) is 5. The molecule has 2 heterocycles. The van der Waals surface area contributed by atoms with Crippen LogP contribution in [0, 0.1) is 12.7 Å². The van der Waals surface area contributed by atoms with Gasteiger partial charge in [-0.3, -0.25) is 14.5 Å². The SMILES string of the molecule is CCC(C(=O)NC(C)(C)C)N(C(=O)Cn1nnnc1-c1ccc(C)o1)c1ccc(F)c(Cl)c1. The molecular weight excluding hydrogens is 451 g/mol. The number of halogens is 2. The summed E-state index contributed by atoms with van der Waals surface area (Å²) >= 11 is 5.98. The Labute approximate surface area is 195 Å². The Morgan fingerprint density at radius 3 is 2.58 bits per heavy atom. The number of amides is 2. The normalized spacial score (nSPS) is 12.5. The third-order valence-corrected chi connectivity index (χ3v) is 5.02. The third kappa shape index (κ3) is 5.75. The van der Waals surface area contributed by atoms with Gasteiger partial charge in [-0.2, -0.15) is 0 Å². The van der Waals surface area contributed by atoms with Gasteiger partial charge in [0, 0.05) is 11.2 Å². The van der Waals surface area contributed by atoms with Crippen molar-refractivity contribution in [2.45, 2.75) is 59.2 Å². The van der Waals surface area contributed by atoms with Gasteiger partial charge in [-0.15, -0.1) is 5.10 Å². The van der Waals surface area contributed by atoms with Gasteiger partial charge in [-0.05, 0) is 74.9 Å². The zero-order valence-corrected chi connectivity index (χ0v) is 19.9. The van der Waals surface area contributed by atoms with Gasteiger partial charge in [-0.25, -0.2) is 9.07 Å². The molecule has 11 heteroatoms. The molecule has 3 aromatic rings. The molecule has 1 atom stereocenters. The number of furan rings is 1. The van der Waals surface area contributed by atoms with Crippen LogP contribution in [0.1, 0.15) is 39.9 Å². The van der Waals surface area contributed by atoms with E-state index in [2.05, 4.69) is 20.8 Å². The summed E-state index contributed by atoms with van der Waals surface area (Å²) in [5, 5.41) is 14.2. The molecule has 9 nitrogen and oxygen atoms in total. The van der Waals surface area contributed by atoms with Gasteiger partial charge in [0.15, 0.2) is 5.76 Å². The fraction of sp³-hybridized carbons (Fsp3) is 0.409. The Bertz CT molecular complexity index is 1150. The molecule has 0 radical (unpaired) electrons. The predicted octanol–water partition coefficient (Wildman–Crippen LogP) is 3.76. The summed E-state index contributed by atoms with van der Waals surface area (Å²) in [6, 6.07) is 6.46. The molecule has 2 amide bonds. The van der Waals surface area contributed by atoms with Crippen LogP contribution < -0.4 is 10.2 Å². The zero-order valence-electron chi connectivity index (χ0n) is 19.1. The van der Waals surface area contributed by atoms with Crippen LogP contribution in [-0.4, -0.2) is 43.6 Å². The lowest BCUT2D eigenvalue weighted by Crippen LogP contribution is -2.54. The minimum Gasteiger partial charge on any atom is -0.458 e. The molecule has 0 saturated carbocycles. The van der Waals surface area contributed by atoms with E-state index >= 15 is 0 Å². The molecule has 3 rings (SSSR count). The number of anilines is 1. The maximum atomic E-state index is 13.8. The fourth-order valence-corrected chi connectivity index (χ4v) is 3.49. The predicted molar refractivity (Wildman–Crippen MR) is 121 cm³/mol. The molecule has 0 aliphatic heterocycles. The number of hydrogen-bond donors (Lipinski definition) is 1. The lowest BCUT2D eigenvalue weighted by Gasteiger charge is -2.33. The van der Waals surface area contributed by atoms with Crippen molar-refractivity contribution >= 4 is 29.1 Å². The molecule has 0 saturated heterocycles. The molecular formula is C22H26ClFN6O3. The van der Waals surface area contributed by atoms with Crippen molar-refractivity contribution in [1.82, 2.24) is 25.5 Å². The largest absolute Gasteiger partial charge is 0.458 e. The minimum absolute atomic E-state index is 0.162. The first-order valence-electron chi connectivity index (χ1n) is 10.4. The Kier molecular flexibility index (Phi) is 7.16. The van der Waals surface area contributed by atoms with Crippen LogP contribution in [0.2, 0.25) is 5.02 Å². The number of benzene rings is 1. The van der Waals surface area contributed by atoms with Crippen LogP contribution in [0.3, 0.4) is 0 Å². The van der Waals surface area contributed by atoms with E-state index in [1.54, 1.807) is 26.0 Å². The second kappa shape index (κ2) is 9.70. The van der Waals surface area contributed by atoms with Gasteiger partial charge < -0.3 is 9.73 Å². The van der Waals surface area contributed by atoms with Gasteiger partial charge in [0.25, 0.3) is 0 Å². The molecule has 1 N–H and O–H groups in total. The molecule has 1 aromatic carbocycles. The molecule has 33 heavy (non-hydrogen) atoms. The van der Waals surface area contributed by atoms with Crippen molar-refractivity contribution < 1.29 is 18.4 Å². The minimum atomic E-state index is -0.871. The van der Waals surface area contributed by atoms with E-state index in [-0.39, 0.29) is 29.0 Å².